The SMILES string of the molecule is Cc1cn2nc(OCC3CCN(C(=O)c4ccncc4F)CC3)ccc2n1. The van der Waals surface area contributed by atoms with Gasteiger partial charge in [0, 0.05) is 25.4 Å². The first-order chi connectivity index (χ1) is 13.1. The number of hydrogen-bond donors (Lipinski definition) is 0. The first-order valence-corrected chi connectivity index (χ1v) is 8.95. The molecule has 0 N–H and O–H groups in total. The number of carbonyl (C=O) groups is 1. The number of amides is 1. The molecule has 0 bridgehead atoms. The molecule has 0 spiro atoms. The van der Waals surface area contributed by atoms with E-state index >= 15 is 0 Å². The molecule has 27 heavy (non-hydrogen) atoms. The molecule has 0 unspecified atom stereocenters. The highest BCUT2D eigenvalue weighted by atomic mass is 19.1. The van der Waals surface area contributed by atoms with Crippen molar-refractivity contribution in [3.63, 3.8) is 0 Å². The van der Waals surface area contributed by atoms with Crippen LogP contribution in [0.5, 0.6) is 5.88 Å². The number of pyridine rings is 1. The second-order valence-corrected chi connectivity index (χ2v) is 6.76. The topological polar surface area (TPSA) is 72.6 Å². The maximum absolute atomic E-state index is 13.7. The van der Waals surface area contributed by atoms with Crippen molar-refractivity contribution in [1.82, 2.24) is 24.5 Å². The van der Waals surface area contributed by atoms with Gasteiger partial charge in [0.2, 0.25) is 5.88 Å². The zero-order chi connectivity index (χ0) is 18.8. The van der Waals surface area contributed by atoms with Crippen LogP contribution in [0.15, 0.2) is 36.8 Å². The summed E-state index contributed by atoms with van der Waals surface area (Å²) in [6.45, 7) is 3.63. The van der Waals surface area contributed by atoms with Crippen LogP contribution in [-0.4, -0.2) is 50.1 Å². The highest BCUT2D eigenvalue weighted by Crippen LogP contribution is 2.21. The molecular formula is C19H20FN5O2. The minimum Gasteiger partial charge on any atom is -0.476 e. The maximum atomic E-state index is 13.7. The van der Waals surface area contributed by atoms with E-state index in [1.807, 2.05) is 25.3 Å². The lowest BCUT2D eigenvalue weighted by Gasteiger charge is -2.31. The molecule has 7 nitrogen and oxygen atoms in total. The van der Waals surface area contributed by atoms with Crippen molar-refractivity contribution in [2.75, 3.05) is 19.7 Å². The van der Waals surface area contributed by atoms with E-state index in [2.05, 4.69) is 15.1 Å². The molecule has 0 radical (unpaired) electrons. The Kier molecular flexibility index (Phi) is 4.70. The Morgan fingerprint density at radius 3 is 2.89 bits per heavy atom. The lowest BCUT2D eigenvalue weighted by atomic mass is 9.97. The van der Waals surface area contributed by atoms with Gasteiger partial charge in [-0.3, -0.25) is 9.78 Å². The molecule has 0 saturated carbocycles. The molecule has 4 heterocycles. The third-order valence-corrected chi connectivity index (χ3v) is 4.79. The molecular weight excluding hydrogens is 349 g/mol. The second kappa shape index (κ2) is 7.30. The molecule has 140 valence electrons. The van der Waals surface area contributed by atoms with Crippen molar-refractivity contribution in [1.29, 1.82) is 0 Å². The van der Waals surface area contributed by atoms with E-state index in [1.54, 1.807) is 9.42 Å². The maximum Gasteiger partial charge on any atom is 0.256 e. The summed E-state index contributed by atoms with van der Waals surface area (Å²) in [4.78, 5) is 22.2. The van der Waals surface area contributed by atoms with Gasteiger partial charge < -0.3 is 9.64 Å². The number of halogens is 1. The van der Waals surface area contributed by atoms with E-state index in [4.69, 9.17) is 4.74 Å². The zero-order valence-electron chi connectivity index (χ0n) is 15.0. The summed E-state index contributed by atoms with van der Waals surface area (Å²) in [7, 11) is 0. The number of carbonyl (C=O) groups excluding carboxylic acids is 1. The Labute approximate surface area is 155 Å². The van der Waals surface area contributed by atoms with Gasteiger partial charge in [-0.05, 0) is 37.8 Å². The van der Waals surface area contributed by atoms with Gasteiger partial charge in [-0.1, -0.05) is 0 Å². The summed E-state index contributed by atoms with van der Waals surface area (Å²) in [5.74, 6) is 0.0247. The highest BCUT2D eigenvalue weighted by molar-refractivity contribution is 5.94. The summed E-state index contributed by atoms with van der Waals surface area (Å²) >= 11 is 0. The number of fused-ring (bicyclic) bond motifs is 1. The Morgan fingerprint density at radius 2 is 2.11 bits per heavy atom. The predicted octanol–water partition coefficient (Wildman–Crippen LogP) is 2.50. The van der Waals surface area contributed by atoms with Gasteiger partial charge in [0.15, 0.2) is 11.5 Å². The lowest BCUT2D eigenvalue weighted by Crippen LogP contribution is -2.40. The number of nitrogens with zero attached hydrogens (tertiary/aromatic N) is 5. The average molecular weight is 369 g/mol. The summed E-state index contributed by atoms with van der Waals surface area (Å²) in [6.07, 6.45) is 5.97. The predicted molar refractivity (Wildman–Crippen MR) is 96.0 cm³/mol. The summed E-state index contributed by atoms with van der Waals surface area (Å²) in [6, 6.07) is 5.11. The molecule has 3 aromatic rings. The fraction of sp³-hybridized carbons (Fsp3) is 0.368. The molecule has 1 aliphatic rings. The van der Waals surface area contributed by atoms with Crippen LogP contribution in [0.25, 0.3) is 5.65 Å². The number of ether oxygens (including phenoxy) is 1. The van der Waals surface area contributed by atoms with Crippen molar-refractivity contribution in [3.05, 3.63) is 53.9 Å². The Morgan fingerprint density at radius 1 is 1.30 bits per heavy atom. The number of rotatable bonds is 4. The van der Waals surface area contributed by atoms with E-state index in [9.17, 15) is 9.18 Å². The third-order valence-electron chi connectivity index (χ3n) is 4.79. The standard InChI is InChI=1S/C19H20FN5O2/c1-13-11-25-17(22-13)2-3-18(23-25)27-12-14-5-8-24(9-6-14)19(26)15-4-7-21-10-16(15)20/h2-4,7,10-11,14H,5-6,8-9,12H2,1H3. The molecule has 0 aliphatic carbocycles. The highest BCUT2D eigenvalue weighted by Gasteiger charge is 2.25. The molecule has 3 aromatic heterocycles. The van der Waals surface area contributed by atoms with Crippen LogP contribution in [0.1, 0.15) is 28.9 Å². The Hall–Kier alpha value is -3.03. The lowest BCUT2D eigenvalue weighted by molar-refractivity contribution is 0.0654. The molecule has 1 amide bonds. The van der Waals surface area contributed by atoms with E-state index in [0.717, 1.165) is 30.4 Å². The van der Waals surface area contributed by atoms with Crippen molar-refractivity contribution >= 4 is 11.6 Å². The summed E-state index contributed by atoms with van der Waals surface area (Å²) in [5, 5.41) is 4.39. The smallest absolute Gasteiger partial charge is 0.256 e. The Balaban J connectivity index is 1.31. The molecule has 8 heteroatoms. The minimum absolute atomic E-state index is 0.0767. The molecule has 0 atom stereocenters. The number of imidazole rings is 1. The van der Waals surface area contributed by atoms with Crippen molar-refractivity contribution in [2.45, 2.75) is 19.8 Å². The van der Waals surface area contributed by atoms with Crippen LogP contribution in [0.4, 0.5) is 4.39 Å². The van der Waals surface area contributed by atoms with E-state index in [-0.39, 0.29) is 11.5 Å². The summed E-state index contributed by atoms with van der Waals surface area (Å²) in [5.41, 5.74) is 1.77. The number of aromatic nitrogens is 4. The largest absolute Gasteiger partial charge is 0.476 e. The number of likely N-dealkylation sites (tertiary alicyclic amines) is 1. The van der Waals surface area contributed by atoms with Crippen molar-refractivity contribution in [3.8, 4) is 5.88 Å². The average Bonchev–Trinajstić information content (AvgIpc) is 3.06. The van der Waals surface area contributed by atoms with Gasteiger partial charge in [0.25, 0.3) is 5.91 Å². The zero-order valence-corrected chi connectivity index (χ0v) is 15.0. The van der Waals surface area contributed by atoms with Gasteiger partial charge in [-0.15, -0.1) is 5.10 Å². The normalized spacial score (nSPS) is 15.3. The van der Waals surface area contributed by atoms with Gasteiger partial charge >= 0.3 is 0 Å². The molecule has 1 aliphatic heterocycles. The van der Waals surface area contributed by atoms with E-state index in [0.29, 0.717) is 31.5 Å². The van der Waals surface area contributed by atoms with Crippen LogP contribution in [0.2, 0.25) is 0 Å². The first-order valence-electron chi connectivity index (χ1n) is 8.95. The number of hydrogen-bond acceptors (Lipinski definition) is 5. The molecule has 1 fully saturated rings. The minimum atomic E-state index is -0.579. The van der Waals surface area contributed by atoms with E-state index in [1.165, 1.54) is 12.3 Å². The molecule has 0 aromatic carbocycles. The fourth-order valence-electron chi connectivity index (χ4n) is 3.28. The summed E-state index contributed by atoms with van der Waals surface area (Å²) < 4.78 is 21.3. The van der Waals surface area contributed by atoms with Crippen molar-refractivity contribution in [2.24, 2.45) is 5.92 Å². The Bertz CT molecular complexity index is 966. The van der Waals surface area contributed by atoms with Crippen LogP contribution in [0, 0.1) is 18.7 Å². The van der Waals surface area contributed by atoms with Crippen LogP contribution < -0.4 is 4.74 Å². The van der Waals surface area contributed by atoms with Gasteiger partial charge in [-0.25, -0.2) is 13.9 Å². The second-order valence-electron chi connectivity index (χ2n) is 6.76. The van der Waals surface area contributed by atoms with Gasteiger partial charge in [0.1, 0.15) is 0 Å². The number of aryl methyl sites for hydroxylation is 1. The number of piperidine rings is 1. The van der Waals surface area contributed by atoms with Crippen LogP contribution in [0.3, 0.4) is 0 Å². The van der Waals surface area contributed by atoms with E-state index < -0.39 is 5.82 Å². The quantitative estimate of drug-likeness (QED) is 0.707. The van der Waals surface area contributed by atoms with Crippen LogP contribution >= 0.6 is 0 Å². The first kappa shape index (κ1) is 17.4. The van der Waals surface area contributed by atoms with Gasteiger partial charge in [0.05, 0.1) is 30.3 Å². The van der Waals surface area contributed by atoms with Crippen LogP contribution in [-0.2, 0) is 0 Å². The fourth-order valence-corrected chi connectivity index (χ4v) is 3.28. The molecule has 4 rings (SSSR count). The van der Waals surface area contributed by atoms with Gasteiger partial charge in [-0.2, -0.15) is 0 Å². The third kappa shape index (κ3) is 3.74. The molecule has 1 saturated heterocycles. The monoisotopic (exact) mass is 369 g/mol. The van der Waals surface area contributed by atoms with Crippen molar-refractivity contribution < 1.29 is 13.9 Å².